The zero-order valence-electron chi connectivity index (χ0n) is 55.8. The second-order valence-electron chi connectivity index (χ2n) is 25.6. The molecule has 19 heteroatoms. The minimum absolute atomic E-state index is 0.101. The van der Waals surface area contributed by atoms with Crippen molar-refractivity contribution >= 4 is 39.5 Å². The number of unbranched alkanes of at least 4 members (excludes halogenated alkanes) is 33. The maximum Gasteiger partial charge on any atom is 0.472 e. The number of aliphatic hydroxyl groups is 1. The maximum absolute atomic E-state index is 13.0. The lowest BCUT2D eigenvalue weighted by molar-refractivity contribution is -0.161. The molecule has 0 spiro atoms. The summed E-state index contributed by atoms with van der Waals surface area (Å²) < 4.78 is 67.9. The molecule has 510 valence electrons. The van der Waals surface area contributed by atoms with Crippen molar-refractivity contribution in [3.05, 3.63) is 0 Å². The highest BCUT2D eigenvalue weighted by Crippen LogP contribution is 2.45. The van der Waals surface area contributed by atoms with Crippen LogP contribution in [0.5, 0.6) is 0 Å². The molecule has 0 saturated heterocycles. The summed E-state index contributed by atoms with van der Waals surface area (Å²) in [4.78, 5) is 72.1. The molecule has 0 aliphatic rings. The fourth-order valence-electron chi connectivity index (χ4n) is 10.0. The number of phosphoric ester groups is 2. The third-order valence-corrected chi connectivity index (χ3v) is 17.3. The smallest absolute Gasteiger partial charge is 0.462 e. The molecule has 0 bridgehead atoms. The lowest BCUT2D eigenvalue weighted by Gasteiger charge is -2.21. The normalized spacial score (nSPS) is 14.3. The fraction of sp³-hybridized carbons (Fsp3) is 0.940. The van der Waals surface area contributed by atoms with Gasteiger partial charge < -0.3 is 33.8 Å². The Kier molecular flexibility index (Phi) is 56.9. The number of esters is 4. The first-order valence-electron chi connectivity index (χ1n) is 34.8. The number of rotatable bonds is 65. The molecule has 0 aliphatic heterocycles. The van der Waals surface area contributed by atoms with Crippen molar-refractivity contribution in [2.24, 2.45) is 17.8 Å². The lowest BCUT2D eigenvalue weighted by Crippen LogP contribution is -2.30. The third kappa shape index (κ3) is 60.9. The van der Waals surface area contributed by atoms with E-state index in [0.29, 0.717) is 31.6 Å². The summed E-state index contributed by atoms with van der Waals surface area (Å²) in [5, 5.41) is 10.5. The summed E-state index contributed by atoms with van der Waals surface area (Å²) in [6.45, 7) is 11.7. The first kappa shape index (κ1) is 84.1. The van der Waals surface area contributed by atoms with Crippen LogP contribution in [0.25, 0.3) is 0 Å². The number of carbonyl (C=O) groups is 4. The van der Waals surface area contributed by atoms with Crippen molar-refractivity contribution < 1.29 is 80.2 Å². The number of ether oxygens (including phenoxy) is 4. The van der Waals surface area contributed by atoms with Gasteiger partial charge in [-0.05, 0) is 43.4 Å². The van der Waals surface area contributed by atoms with E-state index in [1.54, 1.807) is 0 Å². The van der Waals surface area contributed by atoms with Gasteiger partial charge in [-0.3, -0.25) is 37.3 Å². The van der Waals surface area contributed by atoms with Crippen LogP contribution in [-0.4, -0.2) is 96.7 Å². The first-order chi connectivity index (χ1) is 41.2. The monoisotopic (exact) mass is 1270 g/mol. The van der Waals surface area contributed by atoms with E-state index in [9.17, 15) is 43.2 Å². The van der Waals surface area contributed by atoms with Gasteiger partial charge in [0.05, 0.1) is 26.4 Å². The summed E-state index contributed by atoms with van der Waals surface area (Å²) in [5.74, 6) is 0.0915. The lowest BCUT2D eigenvalue weighted by atomic mass is 10.0. The average molecular weight is 1270 g/mol. The Labute approximate surface area is 524 Å². The summed E-state index contributed by atoms with van der Waals surface area (Å²) >= 11 is 0. The zero-order valence-corrected chi connectivity index (χ0v) is 57.6. The van der Waals surface area contributed by atoms with Gasteiger partial charge in [-0.2, -0.15) is 0 Å². The summed E-state index contributed by atoms with van der Waals surface area (Å²) in [6, 6.07) is 0. The van der Waals surface area contributed by atoms with E-state index >= 15 is 0 Å². The quantitative estimate of drug-likeness (QED) is 0.0222. The fourth-order valence-corrected chi connectivity index (χ4v) is 11.6. The maximum atomic E-state index is 13.0. The second kappa shape index (κ2) is 58.2. The van der Waals surface area contributed by atoms with Gasteiger partial charge in [-0.25, -0.2) is 9.13 Å². The topological polar surface area (TPSA) is 237 Å². The molecule has 17 nitrogen and oxygen atoms in total. The standard InChI is InChI=1S/C67H130O17P2/c1-8-9-10-31-41-48-64(69)77-54-62(84-67(72)51-44-37-30-29-34-40-47-60(6)7)56-81-85(73,74)79-52-61(68)53-80-86(75,76)82-57-63(55-78-65(70)49-42-35-27-23-20-19-22-26-33-39-46-59(4)5)83-66(71)50-43-36-28-24-18-16-14-12-11-13-15-17-21-25-32-38-45-58(2)3/h58-63,68H,8-57H2,1-7H3,(H,73,74)(H,75,76)/t61-,62+,63+/m0/s1. The molecular formula is C67H130O17P2. The van der Waals surface area contributed by atoms with Crippen LogP contribution in [0.2, 0.25) is 0 Å². The molecule has 0 aromatic heterocycles. The van der Waals surface area contributed by atoms with E-state index in [1.165, 1.54) is 135 Å². The molecule has 0 aromatic rings. The first-order valence-corrected chi connectivity index (χ1v) is 37.8. The Bertz CT molecular complexity index is 1700. The Morgan fingerprint density at radius 2 is 0.535 bits per heavy atom. The zero-order chi connectivity index (χ0) is 63.8. The van der Waals surface area contributed by atoms with Crippen LogP contribution >= 0.6 is 15.6 Å². The molecule has 86 heavy (non-hydrogen) atoms. The van der Waals surface area contributed by atoms with Gasteiger partial charge in [0.1, 0.15) is 19.3 Å². The molecule has 0 saturated carbocycles. The van der Waals surface area contributed by atoms with E-state index < -0.39 is 97.5 Å². The average Bonchev–Trinajstić information content (AvgIpc) is 3.62. The van der Waals surface area contributed by atoms with E-state index in [1.807, 2.05) is 0 Å². The Morgan fingerprint density at radius 1 is 0.314 bits per heavy atom. The van der Waals surface area contributed by atoms with Crippen molar-refractivity contribution in [1.29, 1.82) is 0 Å². The van der Waals surface area contributed by atoms with Gasteiger partial charge in [0.2, 0.25) is 0 Å². The van der Waals surface area contributed by atoms with Gasteiger partial charge in [0.25, 0.3) is 0 Å². The molecule has 0 fully saturated rings. The summed E-state index contributed by atoms with van der Waals surface area (Å²) in [7, 11) is -9.88. The van der Waals surface area contributed by atoms with Crippen LogP contribution in [0, 0.1) is 17.8 Å². The van der Waals surface area contributed by atoms with Crippen LogP contribution in [0.3, 0.4) is 0 Å². The molecule has 0 rings (SSSR count). The summed E-state index contributed by atoms with van der Waals surface area (Å²) in [6.07, 6.45) is 41.0. The van der Waals surface area contributed by atoms with Crippen LogP contribution < -0.4 is 0 Å². The number of phosphoric acid groups is 2. The van der Waals surface area contributed by atoms with Crippen LogP contribution in [0.15, 0.2) is 0 Å². The van der Waals surface area contributed by atoms with Crippen LogP contribution in [0.4, 0.5) is 0 Å². The van der Waals surface area contributed by atoms with Gasteiger partial charge >= 0.3 is 39.5 Å². The number of carbonyl (C=O) groups excluding carboxylic acids is 4. The van der Waals surface area contributed by atoms with Crippen molar-refractivity contribution in [1.82, 2.24) is 0 Å². The molecule has 0 aliphatic carbocycles. The molecule has 3 N–H and O–H groups in total. The summed E-state index contributed by atoms with van der Waals surface area (Å²) in [5.41, 5.74) is 0. The van der Waals surface area contributed by atoms with Gasteiger partial charge in [-0.15, -0.1) is 0 Å². The highest BCUT2D eigenvalue weighted by atomic mass is 31.2. The van der Waals surface area contributed by atoms with Crippen LogP contribution in [0.1, 0.15) is 331 Å². The van der Waals surface area contributed by atoms with Crippen molar-refractivity contribution in [3.63, 3.8) is 0 Å². The Balaban J connectivity index is 5.14. The molecule has 0 radical (unpaired) electrons. The highest BCUT2D eigenvalue weighted by Gasteiger charge is 2.30. The van der Waals surface area contributed by atoms with Crippen molar-refractivity contribution in [3.8, 4) is 0 Å². The highest BCUT2D eigenvalue weighted by molar-refractivity contribution is 7.47. The molecule has 0 aromatic carbocycles. The van der Waals surface area contributed by atoms with Crippen molar-refractivity contribution in [2.45, 2.75) is 349 Å². The minimum atomic E-state index is -4.95. The Morgan fingerprint density at radius 3 is 0.791 bits per heavy atom. The van der Waals surface area contributed by atoms with Crippen molar-refractivity contribution in [2.75, 3.05) is 39.6 Å². The second-order valence-corrected chi connectivity index (χ2v) is 28.5. The molecule has 0 heterocycles. The van der Waals surface area contributed by atoms with Gasteiger partial charge in [-0.1, -0.05) is 280 Å². The molecule has 2 unspecified atom stereocenters. The van der Waals surface area contributed by atoms with E-state index in [0.717, 1.165) is 108 Å². The van der Waals surface area contributed by atoms with Gasteiger partial charge in [0, 0.05) is 25.7 Å². The Hall–Kier alpha value is -1.94. The third-order valence-electron chi connectivity index (χ3n) is 15.4. The largest absolute Gasteiger partial charge is 0.472 e. The SMILES string of the molecule is CCCCCCCC(=O)OC[C@H](COP(=O)(O)OC[C@H](O)COP(=O)(O)OC[C@@H](COC(=O)CCCCCCCCCCCCC(C)C)OC(=O)CCCCCCCCCCCCCCCCCCC(C)C)OC(=O)CCCCCCCCC(C)C. The number of hydrogen-bond donors (Lipinski definition) is 3. The predicted molar refractivity (Wildman–Crippen MR) is 344 cm³/mol. The van der Waals surface area contributed by atoms with Crippen LogP contribution in [-0.2, 0) is 65.4 Å². The molecule has 0 amide bonds. The van der Waals surface area contributed by atoms with E-state index in [4.69, 9.17) is 37.0 Å². The van der Waals surface area contributed by atoms with E-state index in [-0.39, 0.29) is 25.7 Å². The number of aliphatic hydroxyl groups excluding tert-OH is 1. The predicted octanol–water partition coefficient (Wildman–Crippen LogP) is 18.7. The minimum Gasteiger partial charge on any atom is -0.462 e. The molecule has 5 atom stereocenters. The molecular weight excluding hydrogens is 1140 g/mol. The van der Waals surface area contributed by atoms with Gasteiger partial charge in [0.15, 0.2) is 12.2 Å². The number of hydrogen-bond acceptors (Lipinski definition) is 15. The van der Waals surface area contributed by atoms with E-state index in [2.05, 4.69) is 48.5 Å².